The molecule has 0 heterocycles. The summed E-state index contributed by atoms with van der Waals surface area (Å²) >= 11 is 8.22. The van der Waals surface area contributed by atoms with Gasteiger partial charge in [0.2, 0.25) is 0 Å². The third kappa shape index (κ3) is 5.89. The van der Waals surface area contributed by atoms with Gasteiger partial charge in [-0.25, -0.2) is 0 Å². The van der Waals surface area contributed by atoms with Gasteiger partial charge in [-0.05, 0) is 19.4 Å². The average molecular weight is 300 g/mol. The van der Waals surface area contributed by atoms with Gasteiger partial charge >= 0.3 is 5.97 Å². The summed E-state index contributed by atoms with van der Waals surface area (Å²) in [5.74, 6) is 0.632. The van der Waals surface area contributed by atoms with Crippen LogP contribution in [0.3, 0.4) is 0 Å². The summed E-state index contributed by atoms with van der Waals surface area (Å²) in [4.78, 5) is 11.4. The van der Waals surface area contributed by atoms with Crippen molar-refractivity contribution in [2.75, 3.05) is 6.61 Å². The Bertz CT molecular complexity index is 392. The molecule has 0 N–H and O–H groups in total. The smallest absolute Gasteiger partial charge is 0.319 e. The van der Waals surface area contributed by atoms with Gasteiger partial charge in [0.1, 0.15) is 8.78 Å². The number of rotatable bonds is 5. The highest BCUT2D eigenvalue weighted by Gasteiger charge is 2.16. The summed E-state index contributed by atoms with van der Waals surface area (Å²) in [6, 6.07) is 10.1. The van der Waals surface area contributed by atoms with Crippen LogP contribution >= 0.6 is 35.7 Å². The number of hydrogen-bond acceptors (Lipinski definition) is 5. The molecular formula is C13H16O2S3. The Kier molecular flexibility index (Phi) is 7.39. The normalized spacial score (nSPS) is 11.9. The number of benzene rings is 1. The maximum atomic E-state index is 11.4. The molecule has 0 spiro atoms. The summed E-state index contributed by atoms with van der Waals surface area (Å²) in [5.41, 5.74) is 1.23. The number of thiocarbonyl (C=S) groups is 1. The standard InChI is InChI=1S/C13H16O2S3/c1-3-15-12(14)10(2)18-13(16)17-9-11-7-5-4-6-8-11/h4-8,10H,3,9H2,1-2H3. The lowest BCUT2D eigenvalue weighted by Crippen LogP contribution is -2.17. The first kappa shape index (κ1) is 15.5. The molecule has 0 aliphatic rings. The number of thioether (sulfide) groups is 2. The van der Waals surface area contributed by atoms with E-state index in [-0.39, 0.29) is 11.2 Å². The van der Waals surface area contributed by atoms with Crippen LogP contribution in [0.15, 0.2) is 30.3 Å². The Morgan fingerprint density at radius 2 is 2.06 bits per heavy atom. The second-order valence-corrected chi connectivity index (χ2v) is 7.06. The lowest BCUT2D eigenvalue weighted by atomic mass is 10.2. The molecule has 0 aliphatic carbocycles. The van der Waals surface area contributed by atoms with E-state index in [9.17, 15) is 4.79 Å². The molecule has 0 saturated carbocycles. The quantitative estimate of drug-likeness (QED) is 0.607. The van der Waals surface area contributed by atoms with Crippen LogP contribution in [0.4, 0.5) is 0 Å². The van der Waals surface area contributed by atoms with Crippen LogP contribution in [0, 0.1) is 0 Å². The average Bonchev–Trinajstić information content (AvgIpc) is 2.38. The van der Waals surface area contributed by atoms with Gasteiger partial charge in [-0.15, -0.1) is 11.8 Å². The summed E-state index contributed by atoms with van der Waals surface area (Å²) < 4.78 is 5.72. The Labute approximate surface area is 122 Å². The van der Waals surface area contributed by atoms with Gasteiger partial charge in [0.25, 0.3) is 0 Å². The SMILES string of the molecule is CCOC(=O)C(C)SC(=S)SCc1ccccc1. The Balaban J connectivity index is 2.31. The fourth-order valence-electron chi connectivity index (χ4n) is 1.20. The van der Waals surface area contributed by atoms with E-state index in [1.807, 2.05) is 25.1 Å². The number of carbonyl (C=O) groups excluding carboxylic acids is 1. The minimum absolute atomic E-state index is 0.204. The number of ether oxygens (including phenoxy) is 1. The molecule has 0 fully saturated rings. The van der Waals surface area contributed by atoms with Crippen LogP contribution in [0.5, 0.6) is 0 Å². The summed E-state index contributed by atoms with van der Waals surface area (Å²) in [6.45, 7) is 4.03. The van der Waals surface area contributed by atoms with Crippen LogP contribution in [-0.4, -0.2) is 21.4 Å². The van der Waals surface area contributed by atoms with Crippen molar-refractivity contribution >= 4 is 45.2 Å². The van der Waals surface area contributed by atoms with Crippen LogP contribution in [0.1, 0.15) is 19.4 Å². The third-order valence-electron chi connectivity index (χ3n) is 2.09. The summed E-state index contributed by atoms with van der Waals surface area (Å²) in [5, 5.41) is -0.235. The second kappa shape index (κ2) is 8.56. The Morgan fingerprint density at radius 1 is 1.39 bits per heavy atom. The molecule has 2 nitrogen and oxygen atoms in total. The topological polar surface area (TPSA) is 26.3 Å². The molecule has 5 heteroatoms. The minimum Gasteiger partial charge on any atom is -0.465 e. The van der Waals surface area contributed by atoms with Crippen LogP contribution in [0.2, 0.25) is 0 Å². The number of carbonyl (C=O) groups is 1. The van der Waals surface area contributed by atoms with Crippen molar-refractivity contribution in [1.29, 1.82) is 0 Å². The zero-order valence-corrected chi connectivity index (χ0v) is 12.9. The molecule has 1 unspecified atom stereocenters. The maximum absolute atomic E-state index is 11.4. The van der Waals surface area contributed by atoms with Gasteiger partial charge in [-0.2, -0.15) is 0 Å². The highest BCUT2D eigenvalue weighted by molar-refractivity contribution is 8.47. The summed E-state index contributed by atoms with van der Waals surface area (Å²) in [6.07, 6.45) is 0. The maximum Gasteiger partial charge on any atom is 0.319 e. The minimum atomic E-state index is -0.235. The first-order chi connectivity index (χ1) is 8.63. The fraction of sp³-hybridized carbons (Fsp3) is 0.385. The van der Waals surface area contributed by atoms with E-state index in [2.05, 4.69) is 12.1 Å². The molecule has 1 atom stereocenters. The van der Waals surface area contributed by atoms with Crippen LogP contribution < -0.4 is 0 Å². The van der Waals surface area contributed by atoms with E-state index in [1.54, 1.807) is 18.7 Å². The van der Waals surface area contributed by atoms with Crippen molar-refractivity contribution in [3.8, 4) is 0 Å². The van der Waals surface area contributed by atoms with Crippen molar-refractivity contribution in [3.63, 3.8) is 0 Å². The van der Waals surface area contributed by atoms with E-state index in [4.69, 9.17) is 17.0 Å². The molecule has 1 rings (SSSR count). The largest absolute Gasteiger partial charge is 0.465 e. The molecule has 0 bridgehead atoms. The lowest BCUT2D eigenvalue weighted by molar-refractivity contribution is -0.142. The van der Waals surface area contributed by atoms with Gasteiger partial charge in [0, 0.05) is 5.75 Å². The molecule has 1 aromatic rings. The molecule has 0 aromatic heterocycles. The predicted molar refractivity (Wildman–Crippen MR) is 84.0 cm³/mol. The van der Waals surface area contributed by atoms with Crippen LogP contribution in [0.25, 0.3) is 0 Å². The van der Waals surface area contributed by atoms with Gasteiger partial charge in [-0.1, -0.05) is 54.3 Å². The molecular weight excluding hydrogens is 284 g/mol. The first-order valence-corrected chi connectivity index (χ1v) is 7.94. The molecule has 98 valence electrons. The molecule has 18 heavy (non-hydrogen) atoms. The second-order valence-electron chi connectivity index (χ2n) is 3.54. The zero-order valence-electron chi connectivity index (χ0n) is 10.4. The van der Waals surface area contributed by atoms with Gasteiger partial charge < -0.3 is 4.74 Å². The number of hydrogen-bond donors (Lipinski definition) is 0. The van der Waals surface area contributed by atoms with E-state index in [0.29, 0.717) is 6.61 Å². The molecule has 0 saturated heterocycles. The Morgan fingerprint density at radius 3 is 2.67 bits per heavy atom. The molecule has 0 aliphatic heterocycles. The van der Waals surface area contributed by atoms with Crippen molar-refractivity contribution in [2.24, 2.45) is 0 Å². The van der Waals surface area contributed by atoms with Crippen molar-refractivity contribution in [3.05, 3.63) is 35.9 Å². The van der Waals surface area contributed by atoms with Gasteiger partial charge in [0.05, 0.1) is 6.61 Å². The molecule has 0 amide bonds. The predicted octanol–water partition coefficient (Wildman–Crippen LogP) is 3.89. The highest BCUT2D eigenvalue weighted by Crippen LogP contribution is 2.25. The summed E-state index contributed by atoms with van der Waals surface area (Å²) in [7, 11) is 0. The third-order valence-corrected chi connectivity index (χ3v) is 4.83. The van der Waals surface area contributed by atoms with Crippen molar-refractivity contribution in [1.82, 2.24) is 0 Å². The molecule has 1 aromatic carbocycles. The molecule has 0 radical (unpaired) electrons. The van der Waals surface area contributed by atoms with Crippen LogP contribution in [-0.2, 0) is 15.3 Å². The fourth-order valence-corrected chi connectivity index (χ4v) is 3.62. The van der Waals surface area contributed by atoms with E-state index < -0.39 is 0 Å². The van der Waals surface area contributed by atoms with Crippen molar-refractivity contribution in [2.45, 2.75) is 24.9 Å². The van der Waals surface area contributed by atoms with Gasteiger partial charge in [0.15, 0.2) is 0 Å². The van der Waals surface area contributed by atoms with Gasteiger partial charge in [-0.3, -0.25) is 4.79 Å². The lowest BCUT2D eigenvalue weighted by Gasteiger charge is -2.10. The first-order valence-electron chi connectivity index (χ1n) is 5.67. The van der Waals surface area contributed by atoms with Crippen molar-refractivity contribution < 1.29 is 9.53 Å². The zero-order chi connectivity index (χ0) is 13.4. The van der Waals surface area contributed by atoms with E-state index in [1.165, 1.54) is 17.3 Å². The number of esters is 1. The van der Waals surface area contributed by atoms with E-state index in [0.717, 1.165) is 9.28 Å². The van der Waals surface area contributed by atoms with E-state index >= 15 is 0 Å². The monoisotopic (exact) mass is 300 g/mol. The highest BCUT2D eigenvalue weighted by atomic mass is 32.2. The Hall–Kier alpha value is -0.520.